The molecule has 1 aliphatic heterocycles. The van der Waals surface area contributed by atoms with Crippen LogP contribution in [0.3, 0.4) is 0 Å². The third kappa shape index (κ3) is 5.24. The van der Waals surface area contributed by atoms with E-state index in [0.29, 0.717) is 11.6 Å². The summed E-state index contributed by atoms with van der Waals surface area (Å²) in [6.07, 6.45) is -2.61. The summed E-state index contributed by atoms with van der Waals surface area (Å²) in [6, 6.07) is 5.25. The van der Waals surface area contributed by atoms with E-state index >= 15 is 0 Å². The van der Waals surface area contributed by atoms with Crippen LogP contribution in [0, 0.1) is 5.82 Å². The lowest BCUT2D eigenvalue weighted by molar-refractivity contribution is -0.141. The van der Waals surface area contributed by atoms with Gasteiger partial charge in [0.1, 0.15) is 11.5 Å². The standard InChI is InChI=1S/C21H20F4N4O4S2/c22-17-9-12(1-2-15(17)13-10-27-20(26)28-11-13)16-3-4-18(21(23,24)25)29-19(16)35(32,33)14-5-7-34(30,31)8-6-14/h1-4,9-11,14,30-31H,5-8H2,(H2,26,27,28). The van der Waals surface area contributed by atoms with Gasteiger partial charge in [0.25, 0.3) is 0 Å². The molecule has 14 heteroatoms. The van der Waals surface area contributed by atoms with Crippen molar-refractivity contribution in [2.24, 2.45) is 0 Å². The highest BCUT2D eigenvalue weighted by Gasteiger charge is 2.39. The molecule has 0 atom stereocenters. The van der Waals surface area contributed by atoms with E-state index in [9.17, 15) is 35.1 Å². The summed E-state index contributed by atoms with van der Waals surface area (Å²) in [5.41, 5.74) is 4.20. The average Bonchev–Trinajstić information content (AvgIpc) is 2.78. The fraction of sp³-hybridized carbons (Fsp3) is 0.286. The first-order valence-electron chi connectivity index (χ1n) is 10.2. The van der Waals surface area contributed by atoms with Crippen molar-refractivity contribution in [2.45, 2.75) is 29.3 Å². The number of aromatic nitrogens is 3. The maximum absolute atomic E-state index is 15.0. The predicted octanol–water partition coefficient (Wildman–Crippen LogP) is 4.63. The zero-order valence-corrected chi connectivity index (χ0v) is 19.5. The molecule has 0 saturated carbocycles. The van der Waals surface area contributed by atoms with Crippen molar-refractivity contribution in [3.8, 4) is 22.3 Å². The molecule has 8 nitrogen and oxygen atoms in total. The number of hydrogen-bond donors (Lipinski definition) is 3. The van der Waals surface area contributed by atoms with Crippen LogP contribution in [-0.4, -0.2) is 49.2 Å². The minimum absolute atomic E-state index is 0.00232. The number of nitrogen functional groups attached to an aromatic ring is 1. The lowest BCUT2D eigenvalue weighted by atomic mass is 10.0. The van der Waals surface area contributed by atoms with Gasteiger partial charge in [-0.3, -0.25) is 9.11 Å². The monoisotopic (exact) mass is 532 g/mol. The number of sulfone groups is 1. The van der Waals surface area contributed by atoms with E-state index in [-0.39, 0.29) is 47.0 Å². The Morgan fingerprint density at radius 1 is 0.971 bits per heavy atom. The largest absolute Gasteiger partial charge is 0.433 e. The average molecular weight is 533 g/mol. The molecular formula is C21H20F4N4O4S2. The first kappa shape index (κ1) is 25.3. The number of hydrogen-bond acceptors (Lipinski definition) is 8. The molecule has 4 N–H and O–H groups in total. The van der Waals surface area contributed by atoms with Crippen molar-refractivity contribution < 1.29 is 35.1 Å². The van der Waals surface area contributed by atoms with Crippen LogP contribution in [0.25, 0.3) is 22.3 Å². The Morgan fingerprint density at radius 2 is 1.57 bits per heavy atom. The zero-order valence-electron chi connectivity index (χ0n) is 17.9. The normalized spacial score (nSPS) is 17.8. The molecule has 1 fully saturated rings. The van der Waals surface area contributed by atoms with Crippen LogP contribution in [0.2, 0.25) is 0 Å². The lowest BCUT2D eigenvalue weighted by Crippen LogP contribution is -2.32. The minimum Gasteiger partial charge on any atom is -0.368 e. The van der Waals surface area contributed by atoms with Gasteiger partial charge in [0.15, 0.2) is 14.9 Å². The van der Waals surface area contributed by atoms with Gasteiger partial charge in [0.2, 0.25) is 5.95 Å². The van der Waals surface area contributed by atoms with Gasteiger partial charge < -0.3 is 5.73 Å². The molecule has 4 rings (SSSR count). The third-order valence-electron chi connectivity index (χ3n) is 5.66. The van der Waals surface area contributed by atoms with Gasteiger partial charge in [-0.25, -0.2) is 27.8 Å². The summed E-state index contributed by atoms with van der Waals surface area (Å²) in [6.45, 7) is 0. The Labute approximate surface area is 199 Å². The molecule has 0 spiro atoms. The summed E-state index contributed by atoms with van der Waals surface area (Å²) in [7, 11) is -7.35. The van der Waals surface area contributed by atoms with Crippen LogP contribution >= 0.6 is 10.6 Å². The highest BCUT2D eigenvalue weighted by atomic mass is 32.3. The lowest BCUT2D eigenvalue weighted by Gasteiger charge is -2.38. The number of halogens is 4. The van der Waals surface area contributed by atoms with E-state index in [1.807, 2.05) is 0 Å². The molecule has 188 valence electrons. The summed E-state index contributed by atoms with van der Waals surface area (Å²) >= 11 is 0. The number of nitrogens with zero attached hydrogens (tertiary/aromatic N) is 3. The molecule has 1 aliphatic rings. The topological polar surface area (TPSA) is 139 Å². The van der Waals surface area contributed by atoms with Crippen LogP contribution in [0.15, 0.2) is 47.8 Å². The van der Waals surface area contributed by atoms with Gasteiger partial charge in [0.05, 0.1) is 5.25 Å². The Bertz CT molecular complexity index is 1360. The number of anilines is 1. The second-order valence-corrected chi connectivity index (χ2v) is 12.6. The van der Waals surface area contributed by atoms with Gasteiger partial charge in [0, 0.05) is 40.6 Å². The molecule has 1 saturated heterocycles. The van der Waals surface area contributed by atoms with E-state index in [2.05, 4.69) is 15.0 Å². The fourth-order valence-corrected chi connectivity index (χ4v) is 7.50. The number of pyridine rings is 1. The molecule has 0 radical (unpaired) electrons. The van der Waals surface area contributed by atoms with Crippen LogP contribution in [0.4, 0.5) is 23.5 Å². The van der Waals surface area contributed by atoms with Gasteiger partial charge in [-0.1, -0.05) is 12.1 Å². The van der Waals surface area contributed by atoms with Crippen molar-refractivity contribution in [2.75, 3.05) is 17.2 Å². The Morgan fingerprint density at radius 3 is 2.14 bits per heavy atom. The Balaban J connectivity index is 1.81. The number of alkyl halides is 3. The SMILES string of the molecule is Nc1ncc(-c2ccc(-c3ccc(C(F)(F)F)nc3S(=O)(=O)C3CCS(O)(O)CC3)cc2F)cn1. The molecule has 1 aromatic carbocycles. The van der Waals surface area contributed by atoms with E-state index in [4.69, 9.17) is 5.73 Å². The number of rotatable bonds is 4. The van der Waals surface area contributed by atoms with E-state index in [1.54, 1.807) is 0 Å². The third-order valence-corrected chi connectivity index (χ3v) is 9.63. The van der Waals surface area contributed by atoms with Crippen molar-refractivity contribution in [3.63, 3.8) is 0 Å². The number of benzene rings is 1. The van der Waals surface area contributed by atoms with Gasteiger partial charge in [-0.2, -0.15) is 23.8 Å². The second-order valence-electron chi connectivity index (χ2n) is 8.03. The summed E-state index contributed by atoms with van der Waals surface area (Å²) in [5, 5.41) is -1.99. The first-order chi connectivity index (χ1) is 16.3. The van der Waals surface area contributed by atoms with E-state index in [1.165, 1.54) is 24.5 Å². The fourth-order valence-electron chi connectivity index (χ4n) is 3.78. The van der Waals surface area contributed by atoms with Crippen LogP contribution < -0.4 is 5.73 Å². The molecule has 35 heavy (non-hydrogen) atoms. The van der Waals surface area contributed by atoms with Crippen molar-refractivity contribution >= 4 is 26.4 Å². The van der Waals surface area contributed by atoms with Gasteiger partial charge in [-0.15, -0.1) is 0 Å². The second kappa shape index (κ2) is 9.00. The molecule has 3 heterocycles. The number of nitrogens with two attached hydrogens (primary N) is 1. The molecule has 0 bridgehead atoms. The molecular weight excluding hydrogens is 512 g/mol. The molecule has 0 unspecified atom stereocenters. The van der Waals surface area contributed by atoms with E-state index in [0.717, 1.165) is 12.1 Å². The van der Waals surface area contributed by atoms with Crippen LogP contribution in [0.5, 0.6) is 0 Å². The molecule has 2 aromatic heterocycles. The minimum atomic E-state index is -4.91. The van der Waals surface area contributed by atoms with Crippen molar-refractivity contribution in [3.05, 3.63) is 54.2 Å². The smallest absolute Gasteiger partial charge is 0.368 e. The molecule has 0 amide bonds. The van der Waals surface area contributed by atoms with Gasteiger partial charge >= 0.3 is 6.18 Å². The summed E-state index contributed by atoms with van der Waals surface area (Å²) in [4.78, 5) is 11.0. The van der Waals surface area contributed by atoms with Crippen LogP contribution in [-0.2, 0) is 16.0 Å². The predicted molar refractivity (Wildman–Crippen MR) is 123 cm³/mol. The maximum atomic E-state index is 15.0. The Hall–Kier alpha value is -2.81. The van der Waals surface area contributed by atoms with Gasteiger partial charge in [-0.05, 0) is 36.6 Å². The Kier molecular flexibility index (Phi) is 6.51. The highest BCUT2D eigenvalue weighted by Crippen LogP contribution is 2.46. The summed E-state index contributed by atoms with van der Waals surface area (Å²) in [5.74, 6) is -1.16. The molecule has 3 aromatic rings. The first-order valence-corrected chi connectivity index (χ1v) is 13.6. The zero-order chi connectivity index (χ0) is 25.6. The quantitative estimate of drug-likeness (QED) is 0.413. The van der Waals surface area contributed by atoms with E-state index < -0.39 is 48.4 Å². The highest BCUT2D eigenvalue weighted by molar-refractivity contribution is 8.24. The maximum Gasteiger partial charge on any atom is 0.433 e. The summed E-state index contributed by atoms with van der Waals surface area (Å²) < 4.78 is 101. The van der Waals surface area contributed by atoms with Crippen molar-refractivity contribution in [1.82, 2.24) is 15.0 Å². The molecule has 0 aliphatic carbocycles. The van der Waals surface area contributed by atoms with Crippen molar-refractivity contribution in [1.29, 1.82) is 0 Å². The van der Waals surface area contributed by atoms with Crippen LogP contribution in [0.1, 0.15) is 18.5 Å².